The summed E-state index contributed by atoms with van der Waals surface area (Å²) >= 11 is 0. The number of rotatable bonds is 8. The monoisotopic (exact) mass is 334 g/mol. The molecule has 7 atom stereocenters. The molecule has 142 valence electrons. The molecule has 0 spiro atoms. The van der Waals surface area contributed by atoms with Crippen molar-refractivity contribution in [2.75, 3.05) is 0 Å². The third-order valence-corrected chi connectivity index (χ3v) is 9.64. The summed E-state index contributed by atoms with van der Waals surface area (Å²) in [5.41, 5.74) is 2.24. The Hall–Kier alpha value is 0. The van der Waals surface area contributed by atoms with Crippen molar-refractivity contribution in [3.63, 3.8) is 0 Å². The molecular formula is C24H46. The van der Waals surface area contributed by atoms with Gasteiger partial charge in [0.25, 0.3) is 0 Å². The summed E-state index contributed by atoms with van der Waals surface area (Å²) in [5, 5.41) is 0. The quantitative estimate of drug-likeness (QED) is 0.422. The van der Waals surface area contributed by atoms with Crippen molar-refractivity contribution in [2.24, 2.45) is 45.3 Å². The van der Waals surface area contributed by atoms with E-state index >= 15 is 0 Å². The van der Waals surface area contributed by atoms with Crippen LogP contribution in [0.1, 0.15) is 108 Å². The summed E-state index contributed by atoms with van der Waals surface area (Å²) < 4.78 is 0. The Kier molecular flexibility index (Phi) is 5.34. The van der Waals surface area contributed by atoms with E-state index in [1.54, 1.807) is 0 Å². The molecule has 2 aliphatic carbocycles. The minimum absolute atomic E-state index is 0.496. The van der Waals surface area contributed by atoms with Crippen molar-refractivity contribution in [3.8, 4) is 0 Å². The summed E-state index contributed by atoms with van der Waals surface area (Å²) in [5.74, 6) is 3.55. The highest BCUT2D eigenvalue weighted by atomic mass is 14.9. The molecule has 7 unspecified atom stereocenters. The lowest BCUT2D eigenvalue weighted by molar-refractivity contribution is 0.0628. The van der Waals surface area contributed by atoms with Gasteiger partial charge in [-0.3, -0.25) is 0 Å². The maximum Gasteiger partial charge on any atom is -0.0176 e. The third-order valence-electron chi connectivity index (χ3n) is 9.64. The van der Waals surface area contributed by atoms with Gasteiger partial charge in [-0.05, 0) is 71.0 Å². The van der Waals surface area contributed by atoms with E-state index < -0.39 is 0 Å². The number of hydrogen-bond donors (Lipinski definition) is 0. The highest BCUT2D eigenvalue weighted by molar-refractivity contribution is 5.30. The maximum atomic E-state index is 2.67. The van der Waals surface area contributed by atoms with Crippen LogP contribution in [-0.2, 0) is 0 Å². The topological polar surface area (TPSA) is 0 Å². The van der Waals surface area contributed by atoms with Crippen molar-refractivity contribution >= 4 is 0 Å². The van der Waals surface area contributed by atoms with Crippen molar-refractivity contribution in [1.82, 2.24) is 0 Å². The molecule has 0 nitrogen and oxygen atoms in total. The highest BCUT2D eigenvalue weighted by Gasteiger charge is 2.83. The molecule has 0 saturated heterocycles. The van der Waals surface area contributed by atoms with Gasteiger partial charge >= 0.3 is 0 Å². The number of hydrogen-bond acceptors (Lipinski definition) is 0. The molecule has 0 radical (unpaired) electrons. The van der Waals surface area contributed by atoms with Crippen molar-refractivity contribution in [1.29, 1.82) is 0 Å². The van der Waals surface area contributed by atoms with Crippen molar-refractivity contribution < 1.29 is 0 Å². The largest absolute Gasteiger partial charge is 0.0654 e. The summed E-state index contributed by atoms with van der Waals surface area (Å²) in [6, 6.07) is 0. The smallest absolute Gasteiger partial charge is 0.0176 e. The van der Waals surface area contributed by atoms with Gasteiger partial charge in [0.2, 0.25) is 0 Å². The van der Waals surface area contributed by atoms with Gasteiger partial charge in [0.1, 0.15) is 0 Å². The standard InChI is InChI=1S/C24H46/c1-11-14-22(9)18(5)23(10)20(24(23,13-3)19(22)6)16-21(7,8)15-17(4)12-2/h17-20H,11-16H2,1-10H3. The first kappa shape index (κ1) is 20.3. The van der Waals surface area contributed by atoms with Crippen LogP contribution in [0, 0.1) is 45.3 Å². The van der Waals surface area contributed by atoms with Gasteiger partial charge in [-0.1, -0.05) is 82.1 Å². The fourth-order valence-electron chi connectivity index (χ4n) is 7.99. The lowest BCUT2D eigenvalue weighted by Crippen LogP contribution is -2.35. The van der Waals surface area contributed by atoms with E-state index in [-0.39, 0.29) is 0 Å². The molecule has 2 aliphatic rings. The molecule has 0 amide bonds. The first-order chi connectivity index (χ1) is 11.0. The van der Waals surface area contributed by atoms with Crippen LogP contribution in [0.4, 0.5) is 0 Å². The number of fused-ring (bicyclic) bond motifs is 1. The van der Waals surface area contributed by atoms with E-state index in [9.17, 15) is 0 Å². The second-order valence-electron chi connectivity index (χ2n) is 11.0. The molecule has 0 aromatic heterocycles. The molecule has 24 heavy (non-hydrogen) atoms. The Balaban J connectivity index is 2.25. The third kappa shape index (κ3) is 2.52. The molecule has 0 aromatic rings. The summed E-state index contributed by atoms with van der Waals surface area (Å²) in [6.07, 6.45) is 8.30. The van der Waals surface area contributed by atoms with Crippen molar-refractivity contribution in [2.45, 2.75) is 108 Å². The van der Waals surface area contributed by atoms with Gasteiger partial charge in [0.05, 0.1) is 0 Å². The zero-order valence-corrected chi connectivity index (χ0v) is 18.6. The molecule has 0 aliphatic heterocycles. The van der Waals surface area contributed by atoms with E-state index in [0.717, 1.165) is 23.7 Å². The van der Waals surface area contributed by atoms with Crippen LogP contribution in [0.25, 0.3) is 0 Å². The molecule has 0 heterocycles. The average molecular weight is 335 g/mol. The van der Waals surface area contributed by atoms with E-state index in [1.807, 2.05) is 0 Å². The van der Waals surface area contributed by atoms with Gasteiger partial charge in [0, 0.05) is 0 Å². The van der Waals surface area contributed by atoms with Crippen LogP contribution < -0.4 is 0 Å². The Morgan fingerprint density at radius 1 is 1.00 bits per heavy atom. The van der Waals surface area contributed by atoms with Gasteiger partial charge in [0.15, 0.2) is 0 Å². The lowest BCUT2D eigenvalue weighted by Gasteiger charge is -2.42. The van der Waals surface area contributed by atoms with Crippen LogP contribution in [0.3, 0.4) is 0 Å². The fourth-order valence-corrected chi connectivity index (χ4v) is 7.99. The molecule has 0 bridgehead atoms. The molecule has 0 heteroatoms. The Morgan fingerprint density at radius 3 is 2.00 bits per heavy atom. The average Bonchev–Trinajstić information content (AvgIpc) is 2.99. The molecular weight excluding hydrogens is 288 g/mol. The Morgan fingerprint density at radius 2 is 1.58 bits per heavy atom. The minimum Gasteiger partial charge on any atom is -0.0654 e. The van der Waals surface area contributed by atoms with Gasteiger partial charge in [-0.15, -0.1) is 0 Å². The summed E-state index contributed by atoms with van der Waals surface area (Å²) in [7, 11) is 0. The van der Waals surface area contributed by atoms with E-state index in [0.29, 0.717) is 21.7 Å². The predicted molar refractivity (Wildman–Crippen MR) is 108 cm³/mol. The second-order valence-corrected chi connectivity index (χ2v) is 11.0. The SMILES string of the molecule is CCCC1(C)C(C)C2(C)C(CC(C)(C)CC(C)CC)C2(CC)C1C. The van der Waals surface area contributed by atoms with E-state index in [2.05, 4.69) is 69.2 Å². The van der Waals surface area contributed by atoms with E-state index in [1.165, 1.54) is 38.5 Å². The first-order valence-electron chi connectivity index (χ1n) is 11.0. The van der Waals surface area contributed by atoms with Crippen LogP contribution >= 0.6 is 0 Å². The summed E-state index contributed by atoms with van der Waals surface area (Å²) in [4.78, 5) is 0. The zero-order valence-electron chi connectivity index (χ0n) is 18.6. The first-order valence-corrected chi connectivity index (χ1v) is 11.0. The molecule has 0 N–H and O–H groups in total. The predicted octanol–water partition coefficient (Wildman–Crippen LogP) is 7.96. The molecule has 2 fully saturated rings. The zero-order chi connectivity index (χ0) is 18.6. The van der Waals surface area contributed by atoms with Crippen LogP contribution in [0.5, 0.6) is 0 Å². The second kappa shape index (κ2) is 6.31. The molecule has 2 saturated carbocycles. The Bertz CT molecular complexity index is 449. The van der Waals surface area contributed by atoms with E-state index in [4.69, 9.17) is 0 Å². The molecule has 0 aromatic carbocycles. The van der Waals surface area contributed by atoms with Gasteiger partial charge < -0.3 is 0 Å². The minimum atomic E-state index is 0.496. The van der Waals surface area contributed by atoms with Crippen LogP contribution in [0.15, 0.2) is 0 Å². The Labute approximate surface area is 153 Å². The normalized spacial score (nSPS) is 46.0. The van der Waals surface area contributed by atoms with Crippen molar-refractivity contribution in [3.05, 3.63) is 0 Å². The highest BCUT2D eigenvalue weighted by Crippen LogP contribution is 2.88. The fraction of sp³-hybridized carbons (Fsp3) is 1.00. The summed E-state index contributed by atoms with van der Waals surface area (Å²) in [6.45, 7) is 25.2. The van der Waals surface area contributed by atoms with Crippen LogP contribution in [-0.4, -0.2) is 0 Å². The lowest BCUT2D eigenvalue weighted by atomic mass is 9.62. The van der Waals surface area contributed by atoms with Gasteiger partial charge in [-0.2, -0.15) is 0 Å². The maximum absolute atomic E-state index is 2.67. The van der Waals surface area contributed by atoms with Gasteiger partial charge in [-0.25, -0.2) is 0 Å². The van der Waals surface area contributed by atoms with Crippen LogP contribution in [0.2, 0.25) is 0 Å². The molecule has 2 rings (SSSR count).